The Balaban J connectivity index is 2.16. The van der Waals surface area contributed by atoms with E-state index in [1.165, 1.54) is 5.57 Å². The molecule has 1 aromatic heterocycles. The molecule has 2 heterocycles. The molecule has 2 heteroatoms. The highest BCUT2D eigenvalue weighted by molar-refractivity contribution is 5.72. The Morgan fingerprint density at radius 2 is 2.36 bits per heavy atom. The van der Waals surface area contributed by atoms with Gasteiger partial charge in [0.25, 0.3) is 0 Å². The highest BCUT2D eigenvalue weighted by Crippen LogP contribution is 2.16. The first-order valence-electron chi connectivity index (χ1n) is 4.94. The first kappa shape index (κ1) is 9.00. The number of hydrogen-bond donors (Lipinski definition) is 0. The van der Waals surface area contributed by atoms with Gasteiger partial charge in [-0.3, -0.25) is 4.98 Å². The molecule has 0 spiro atoms. The molecule has 0 radical (unpaired) electrons. The molecule has 1 aliphatic rings. The average Bonchev–Trinajstić information content (AvgIpc) is 2.30. The predicted molar refractivity (Wildman–Crippen MR) is 58.6 cm³/mol. The van der Waals surface area contributed by atoms with Crippen LogP contribution in [0.1, 0.15) is 12.6 Å². The van der Waals surface area contributed by atoms with Crippen molar-refractivity contribution in [3.8, 4) is 0 Å². The van der Waals surface area contributed by atoms with E-state index in [-0.39, 0.29) is 0 Å². The third-order valence-electron chi connectivity index (χ3n) is 2.38. The summed E-state index contributed by atoms with van der Waals surface area (Å²) in [6, 6.07) is 6.00. The zero-order chi connectivity index (χ0) is 9.80. The van der Waals surface area contributed by atoms with Crippen molar-refractivity contribution in [2.45, 2.75) is 6.92 Å². The molecule has 1 aromatic rings. The quantitative estimate of drug-likeness (QED) is 0.704. The summed E-state index contributed by atoms with van der Waals surface area (Å²) >= 11 is 0. The molecule has 0 aliphatic carbocycles. The summed E-state index contributed by atoms with van der Waals surface area (Å²) in [5.41, 5.74) is 2.27. The van der Waals surface area contributed by atoms with E-state index in [9.17, 15) is 0 Å². The number of hydrogen-bond acceptors (Lipinski definition) is 2. The third-order valence-corrected chi connectivity index (χ3v) is 2.38. The molecule has 0 saturated heterocycles. The van der Waals surface area contributed by atoms with Crippen LogP contribution < -0.4 is 0 Å². The fourth-order valence-electron chi connectivity index (χ4n) is 1.49. The molecule has 0 unspecified atom stereocenters. The van der Waals surface area contributed by atoms with Crippen molar-refractivity contribution < 1.29 is 0 Å². The Kier molecular flexibility index (Phi) is 2.63. The fourth-order valence-corrected chi connectivity index (χ4v) is 1.49. The van der Waals surface area contributed by atoms with Crippen LogP contribution in [0, 0.1) is 0 Å². The molecule has 1 aliphatic heterocycles. The summed E-state index contributed by atoms with van der Waals surface area (Å²) in [6.07, 6.45) is 8.29. The molecule has 2 rings (SSSR count). The molecule has 0 aromatic carbocycles. The Morgan fingerprint density at radius 1 is 1.43 bits per heavy atom. The van der Waals surface area contributed by atoms with Gasteiger partial charge in [-0.05, 0) is 36.9 Å². The monoisotopic (exact) mass is 186 g/mol. The van der Waals surface area contributed by atoms with Gasteiger partial charge in [0, 0.05) is 19.3 Å². The van der Waals surface area contributed by atoms with E-state index in [1.54, 1.807) is 0 Å². The molecule has 0 fully saturated rings. The third kappa shape index (κ3) is 1.84. The number of aromatic nitrogens is 1. The second-order valence-corrected chi connectivity index (χ2v) is 3.28. The molecule has 0 saturated carbocycles. The smallest absolute Gasteiger partial charge is 0.0699 e. The van der Waals surface area contributed by atoms with Gasteiger partial charge in [-0.15, -0.1) is 0 Å². The zero-order valence-corrected chi connectivity index (χ0v) is 8.35. The number of rotatable bonds is 2. The minimum Gasteiger partial charge on any atom is -0.374 e. The normalized spacial score (nSPS) is 15.5. The maximum atomic E-state index is 4.32. The number of likely N-dealkylation sites (N-methyl/N-ethyl adjacent to an activating group) is 1. The van der Waals surface area contributed by atoms with Crippen LogP contribution in [0.3, 0.4) is 0 Å². The minimum absolute atomic E-state index is 0.985. The second kappa shape index (κ2) is 4.09. The summed E-state index contributed by atoms with van der Waals surface area (Å²) in [7, 11) is 0. The molecule has 14 heavy (non-hydrogen) atoms. The molecule has 2 nitrogen and oxygen atoms in total. The molecule has 0 N–H and O–H groups in total. The van der Waals surface area contributed by atoms with Crippen molar-refractivity contribution in [2.75, 3.05) is 13.1 Å². The van der Waals surface area contributed by atoms with E-state index in [0.29, 0.717) is 0 Å². The summed E-state index contributed by atoms with van der Waals surface area (Å²) in [5, 5.41) is 0. The second-order valence-electron chi connectivity index (χ2n) is 3.28. The van der Waals surface area contributed by atoms with Crippen molar-refractivity contribution in [3.63, 3.8) is 0 Å². The standard InChI is InChI=1S/C12H14N2/c1-2-14-9-6-11(7-10-14)12-5-3-4-8-13-12/h3-9H,2,10H2,1H3. The lowest BCUT2D eigenvalue weighted by Crippen LogP contribution is -2.18. The van der Waals surface area contributed by atoms with Gasteiger partial charge in [-0.1, -0.05) is 12.1 Å². The fraction of sp³-hybridized carbons (Fsp3) is 0.250. The van der Waals surface area contributed by atoms with Crippen molar-refractivity contribution in [1.82, 2.24) is 9.88 Å². The van der Waals surface area contributed by atoms with Crippen LogP contribution in [0.5, 0.6) is 0 Å². The van der Waals surface area contributed by atoms with Crippen LogP contribution in [-0.2, 0) is 0 Å². The number of allylic oxidation sites excluding steroid dienone is 2. The Labute approximate surface area is 84.6 Å². The summed E-state index contributed by atoms with van der Waals surface area (Å²) in [5.74, 6) is 0. The highest BCUT2D eigenvalue weighted by atomic mass is 15.1. The first-order chi connectivity index (χ1) is 6.90. The Bertz CT molecular complexity index is 352. The summed E-state index contributed by atoms with van der Waals surface area (Å²) in [6.45, 7) is 4.20. The van der Waals surface area contributed by atoms with Gasteiger partial charge >= 0.3 is 0 Å². The van der Waals surface area contributed by atoms with Crippen molar-refractivity contribution in [1.29, 1.82) is 0 Å². The molecule has 72 valence electrons. The molecule has 0 atom stereocenters. The van der Waals surface area contributed by atoms with E-state index in [4.69, 9.17) is 0 Å². The lowest BCUT2D eigenvalue weighted by atomic mass is 10.1. The molecular weight excluding hydrogens is 172 g/mol. The Morgan fingerprint density at radius 3 is 2.93 bits per heavy atom. The van der Waals surface area contributed by atoms with Crippen molar-refractivity contribution >= 4 is 5.57 Å². The van der Waals surface area contributed by atoms with Gasteiger partial charge in [-0.25, -0.2) is 0 Å². The summed E-state index contributed by atoms with van der Waals surface area (Å²) in [4.78, 5) is 6.57. The highest BCUT2D eigenvalue weighted by Gasteiger charge is 2.04. The molecule has 0 bridgehead atoms. The van der Waals surface area contributed by atoms with Gasteiger partial charge in [0.2, 0.25) is 0 Å². The maximum Gasteiger partial charge on any atom is 0.0699 e. The topological polar surface area (TPSA) is 16.1 Å². The van der Waals surface area contributed by atoms with E-state index in [2.05, 4.69) is 35.2 Å². The van der Waals surface area contributed by atoms with Crippen LogP contribution in [-0.4, -0.2) is 23.0 Å². The van der Waals surface area contributed by atoms with Gasteiger partial charge in [0.1, 0.15) is 0 Å². The van der Waals surface area contributed by atoms with Gasteiger partial charge in [0.15, 0.2) is 0 Å². The summed E-state index contributed by atoms with van der Waals surface area (Å²) < 4.78 is 0. The predicted octanol–water partition coefficient (Wildman–Crippen LogP) is 2.31. The van der Waals surface area contributed by atoms with E-state index >= 15 is 0 Å². The van der Waals surface area contributed by atoms with Crippen molar-refractivity contribution in [3.05, 3.63) is 48.4 Å². The average molecular weight is 186 g/mol. The van der Waals surface area contributed by atoms with E-state index < -0.39 is 0 Å². The van der Waals surface area contributed by atoms with Crippen LogP contribution in [0.2, 0.25) is 0 Å². The lowest BCUT2D eigenvalue weighted by Gasteiger charge is -2.20. The van der Waals surface area contributed by atoms with Gasteiger partial charge < -0.3 is 4.90 Å². The minimum atomic E-state index is 0.985. The van der Waals surface area contributed by atoms with Gasteiger partial charge in [-0.2, -0.15) is 0 Å². The van der Waals surface area contributed by atoms with Crippen LogP contribution in [0.25, 0.3) is 5.57 Å². The first-order valence-corrected chi connectivity index (χ1v) is 4.94. The molecular formula is C12H14N2. The largest absolute Gasteiger partial charge is 0.374 e. The van der Waals surface area contributed by atoms with Crippen molar-refractivity contribution in [2.24, 2.45) is 0 Å². The van der Waals surface area contributed by atoms with E-state index in [0.717, 1.165) is 18.8 Å². The molecule has 0 amide bonds. The van der Waals surface area contributed by atoms with Crippen LogP contribution in [0.15, 0.2) is 42.7 Å². The number of pyridine rings is 1. The SMILES string of the molecule is CCN1C=CC(c2ccccn2)=CC1. The van der Waals surface area contributed by atoms with Crippen LogP contribution in [0.4, 0.5) is 0 Å². The van der Waals surface area contributed by atoms with Crippen LogP contribution >= 0.6 is 0 Å². The Hall–Kier alpha value is -1.57. The maximum absolute atomic E-state index is 4.32. The van der Waals surface area contributed by atoms with E-state index in [1.807, 2.05) is 24.4 Å². The van der Waals surface area contributed by atoms with Gasteiger partial charge in [0.05, 0.1) is 5.69 Å². The zero-order valence-electron chi connectivity index (χ0n) is 8.35. The lowest BCUT2D eigenvalue weighted by molar-refractivity contribution is 0.437. The number of nitrogens with zero attached hydrogens (tertiary/aromatic N) is 2.